The van der Waals surface area contributed by atoms with Crippen molar-refractivity contribution in [1.29, 1.82) is 0 Å². The van der Waals surface area contributed by atoms with Gasteiger partial charge in [0.2, 0.25) is 10.0 Å². The Bertz CT molecular complexity index is 852. The molecule has 7 nitrogen and oxygen atoms in total. The van der Waals surface area contributed by atoms with Gasteiger partial charge in [-0.25, -0.2) is 18.4 Å². The molecule has 1 atom stereocenters. The highest BCUT2D eigenvalue weighted by molar-refractivity contribution is 7.89. The van der Waals surface area contributed by atoms with Crippen LogP contribution in [0.15, 0.2) is 47.5 Å². The number of carboxylic acid groups (broad SMARTS) is 1. The molecule has 0 amide bonds. The number of carbonyl (C=O) groups is 1. The molecule has 2 aromatic rings. The number of primary sulfonamides is 1. The lowest BCUT2D eigenvalue weighted by Crippen LogP contribution is -2.24. The number of nitrogens with two attached hydrogens (primary N) is 1. The minimum absolute atomic E-state index is 0.0457. The molecule has 24 heavy (non-hydrogen) atoms. The highest BCUT2D eigenvalue weighted by atomic mass is 32.2. The van der Waals surface area contributed by atoms with Crippen molar-refractivity contribution in [3.8, 4) is 0 Å². The molecule has 1 aromatic heterocycles. The number of sulfonamides is 1. The second-order valence-corrected chi connectivity index (χ2v) is 7.07. The number of carboxylic acids is 1. The first-order chi connectivity index (χ1) is 11.2. The molecule has 0 bridgehead atoms. The maximum Gasteiger partial charge on any atom is 0.337 e. The molecule has 0 aliphatic carbocycles. The van der Waals surface area contributed by atoms with Gasteiger partial charge in [0.05, 0.1) is 16.2 Å². The Balaban J connectivity index is 2.25. The first kappa shape index (κ1) is 18.1. The molecular weight excluding hydrogens is 330 g/mol. The summed E-state index contributed by atoms with van der Waals surface area (Å²) in [5, 5.41) is 14.4. The second-order valence-electron chi connectivity index (χ2n) is 5.51. The number of aromatic carboxylic acids is 1. The molecule has 1 aromatic carbocycles. The minimum atomic E-state index is -3.77. The monoisotopic (exact) mass is 349 g/mol. The molecule has 1 unspecified atom stereocenters. The molecule has 0 aliphatic heterocycles. The van der Waals surface area contributed by atoms with Crippen LogP contribution in [-0.2, 0) is 16.6 Å². The van der Waals surface area contributed by atoms with Gasteiger partial charge in [0.15, 0.2) is 0 Å². The second kappa shape index (κ2) is 7.08. The Morgan fingerprint density at radius 2 is 2.04 bits per heavy atom. The lowest BCUT2D eigenvalue weighted by Gasteiger charge is -2.25. The lowest BCUT2D eigenvalue weighted by molar-refractivity contribution is 0.0693. The van der Waals surface area contributed by atoms with Gasteiger partial charge >= 0.3 is 5.97 Å². The first-order valence-electron chi connectivity index (χ1n) is 7.20. The van der Waals surface area contributed by atoms with E-state index < -0.39 is 16.0 Å². The van der Waals surface area contributed by atoms with E-state index in [2.05, 4.69) is 4.98 Å². The normalized spacial score (nSPS) is 13.0. The largest absolute Gasteiger partial charge is 0.478 e. The van der Waals surface area contributed by atoms with E-state index in [0.29, 0.717) is 12.2 Å². The predicted octanol–water partition coefficient (Wildman–Crippen LogP) is 1.62. The summed E-state index contributed by atoms with van der Waals surface area (Å²) in [5.41, 5.74) is 1.36. The molecule has 0 aliphatic rings. The van der Waals surface area contributed by atoms with Crippen LogP contribution in [0.4, 0.5) is 0 Å². The average Bonchev–Trinajstić information content (AvgIpc) is 2.53. The molecule has 0 radical (unpaired) electrons. The van der Waals surface area contributed by atoms with E-state index in [9.17, 15) is 18.3 Å². The van der Waals surface area contributed by atoms with Gasteiger partial charge < -0.3 is 5.11 Å². The van der Waals surface area contributed by atoms with Crippen LogP contribution in [0, 0.1) is 0 Å². The van der Waals surface area contributed by atoms with Gasteiger partial charge in [-0.1, -0.05) is 12.1 Å². The van der Waals surface area contributed by atoms with E-state index in [1.54, 1.807) is 24.4 Å². The van der Waals surface area contributed by atoms with Crippen molar-refractivity contribution in [3.05, 3.63) is 59.4 Å². The van der Waals surface area contributed by atoms with Crippen LogP contribution in [0.5, 0.6) is 0 Å². The average molecular weight is 349 g/mol. The molecular formula is C16H19N3O4S. The Labute approximate surface area is 140 Å². The Morgan fingerprint density at radius 3 is 2.67 bits per heavy atom. The van der Waals surface area contributed by atoms with Crippen LogP contribution in [0.25, 0.3) is 0 Å². The fraction of sp³-hybridized carbons (Fsp3) is 0.250. The van der Waals surface area contributed by atoms with Gasteiger partial charge in [-0.15, -0.1) is 0 Å². The quantitative estimate of drug-likeness (QED) is 0.819. The van der Waals surface area contributed by atoms with Crippen molar-refractivity contribution in [2.45, 2.75) is 24.4 Å². The molecule has 0 fully saturated rings. The van der Waals surface area contributed by atoms with Crippen molar-refractivity contribution in [1.82, 2.24) is 9.88 Å². The molecule has 0 spiro atoms. The Hall–Kier alpha value is -2.29. The Morgan fingerprint density at radius 1 is 1.33 bits per heavy atom. The maximum absolute atomic E-state index is 11.5. The van der Waals surface area contributed by atoms with E-state index in [0.717, 1.165) is 5.56 Å². The van der Waals surface area contributed by atoms with E-state index in [-0.39, 0.29) is 16.5 Å². The highest BCUT2D eigenvalue weighted by Crippen LogP contribution is 2.23. The number of aromatic nitrogens is 1. The van der Waals surface area contributed by atoms with Gasteiger partial charge in [0.25, 0.3) is 0 Å². The summed E-state index contributed by atoms with van der Waals surface area (Å²) >= 11 is 0. The van der Waals surface area contributed by atoms with Gasteiger partial charge in [-0.05, 0) is 43.8 Å². The number of rotatable bonds is 6. The zero-order chi connectivity index (χ0) is 17.9. The van der Waals surface area contributed by atoms with Crippen molar-refractivity contribution >= 4 is 16.0 Å². The third kappa shape index (κ3) is 4.16. The molecule has 0 saturated heterocycles. The molecule has 1 heterocycles. The summed E-state index contributed by atoms with van der Waals surface area (Å²) in [6.45, 7) is 2.20. The third-order valence-corrected chi connectivity index (χ3v) is 4.76. The standard InChI is InChI=1S/C16H19N3O4S/c1-11(12-5-3-6-13(9-12)24(17,22)23)19(2)10-15-14(16(20)21)7-4-8-18-15/h3-9,11H,10H2,1-2H3,(H,20,21)(H2,17,22,23). The van der Waals surface area contributed by atoms with Gasteiger partial charge in [-0.2, -0.15) is 0 Å². The predicted molar refractivity (Wildman–Crippen MR) is 88.9 cm³/mol. The van der Waals surface area contributed by atoms with E-state index >= 15 is 0 Å². The molecule has 2 rings (SSSR count). The minimum Gasteiger partial charge on any atom is -0.478 e. The zero-order valence-corrected chi connectivity index (χ0v) is 14.2. The van der Waals surface area contributed by atoms with Gasteiger partial charge in [-0.3, -0.25) is 9.88 Å². The fourth-order valence-corrected chi connectivity index (χ4v) is 2.91. The summed E-state index contributed by atoms with van der Waals surface area (Å²) in [4.78, 5) is 17.3. The van der Waals surface area contributed by atoms with E-state index in [1.165, 1.54) is 18.2 Å². The summed E-state index contributed by atoms with van der Waals surface area (Å²) < 4.78 is 23.0. The van der Waals surface area contributed by atoms with Crippen molar-refractivity contribution < 1.29 is 18.3 Å². The maximum atomic E-state index is 11.5. The summed E-state index contributed by atoms with van der Waals surface area (Å²) in [7, 11) is -1.96. The van der Waals surface area contributed by atoms with E-state index in [4.69, 9.17) is 5.14 Å². The number of benzene rings is 1. The summed E-state index contributed by atoms with van der Waals surface area (Å²) in [6, 6.07) is 9.31. The van der Waals surface area contributed by atoms with E-state index in [1.807, 2.05) is 18.9 Å². The lowest BCUT2D eigenvalue weighted by atomic mass is 10.1. The van der Waals surface area contributed by atoms with Crippen LogP contribution >= 0.6 is 0 Å². The van der Waals surface area contributed by atoms with Crippen LogP contribution in [0.3, 0.4) is 0 Å². The molecule has 8 heteroatoms. The van der Waals surface area contributed by atoms with Gasteiger partial charge in [0, 0.05) is 18.8 Å². The SMILES string of the molecule is CC(c1cccc(S(N)(=O)=O)c1)N(C)Cc1ncccc1C(=O)O. The van der Waals surface area contributed by atoms with Crippen LogP contribution < -0.4 is 5.14 Å². The van der Waals surface area contributed by atoms with Crippen LogP contribution in [0.2, 0.25) is 0 Å². The fourth-order valence-electron chi connectivity index (χ4n) is 2.34. The molecule has 128 valence electrons. The first-order valence-corrected chi connectivity index (χ1v) is 8.75. The Kier molecular flexibility index (Phi) is 5.33. The van der Waals surface area contributed by atoms with Crippen LogP contribution in [-0.4, -0.2) is 36.4 Å². The van der Waals surface area contributed by atoms with Crippen molar-refractivity contribution in [2.24, 2.45) is 5.14 Å². The highest BCUT2D eigenvalue weighted by Gasteiger charge is 2.18. The molecule has 3 N–H and O–H groups in total. The number of nitrogens with zero attached hydrogens (tertiary/aromatic N) is 2. The zero-order valence-electron chi connectivity index (χ0n) is 13.4. The number of hydrogen-bond donors (Lipinski definition) is 2. The smallest absolute Gasteiger partial charge is 0.337 e. The van der Waals surface area contributed by atoms with Gasteiger partial charge in [0.1, 0.15) is 0 Å². The van der Waals surface area contributed by atoms with Crippen molar-refractivity contribution in [2.75, 3.05) is 7.05 Å². The van der Waals surface area contributed by atoms with Crippen LogP contribution in [0.1, 0.15) is 34.6 Å². The van der Waals surface area contributed by atoms with Crippen molar-refractivity contribution in [3.63, 3.8) is 0 Å². The third-order valence-electron chi connectivity index (χ3n) is 3.85. The number of pyridine rings is 1. The molecule has 0 saturated carbocycles. The number of hydrogen-bond acceptors (Lipinski definition) is 5. The summed E-state index contributed by atoms with van der Waals surface area (Å²) in [6.07, 6.45) is 1.54. The topological polar surface area (TPSA) is 114 Å². The summed E-state index contributed by atoms with van der Waals surface area (Å²) in [5.74, 6) is -1.03.